The molecule has 0 fully saturated rings. The van der Waals surface area contributed by atoms with E-state index in [1.807, 2.05) is 6.92 Å². The lowest BCUT2D eigenvalue weighted by atomic mass is 10.2. The molecule has 0 bridgehead atoms. The van der Waals surface area contributed by atoms with Crippen LogP contribution in [0.25, 0.3) is 0 Å². The molecule has 0 saturated heterocycles. The van der Waals surface area contributed by atoms with Gasteiger partial charge in [0.05, 0.1) is 17.7 Å². The van der Waals surface area contributed by atoms with Crippen LogP contribution < -0.4 is 4.90 Å². The summed E-state index contributed by atoms with van der Waals surface area (Å²) in [5.74, 6) is -0.392. The Kier molecular flexibility index (Phi) is 5.35. The maximum absolute atomic E-state index is 11.8. The van der Waals surface area contributed by atoms with Crippen LogP contribution in [0, 0.1) is 0 Å². The van der Waals surface area contributed by atoms with Gasteiger partial charge in [-0.2, -0.15) is 0 Å². The molecule has 5 nitrogen and oxygen atoms in total. The standard InChI is InChI=1S/C13H19NO4S/c1-4-9-14(10-13(15)18-2)11-7-5-6-8-12(11)19(3,16)17/h5-8H,4,9-10H2,1-3H3. The minimum absolute atomic E-state index is 0.0386. The Morgan fingerprint density at radius 2 is 1.95 bits per heavy atom. The van der Waals surface area contributed by atoms with Crippen LogP contribution in [0.2, 0.25) is 0 Å². The topological polar surface area (TPSA) is 63.7 Å². The maximum Gasteiger partial charge on any atom is 0.325 e. The number of hydrogen-bond donors (Lipinski definition) is 0. The molecule has 1 rings (SSSR count). The van der Waals surface area contributed by atoms with E-state index in [1.54, 1.807) is 29.2 Å². The zero-order chi connectivity index (χ0) is 14.5. The molecule has 0 spiro atoms. The van der Waals surface area contributed by atoms with Crippen molar-refractivity contribution in [2.75, 3.05) is 31.4 Å². The van der Waals surface area contributed by atoms with Crippen LogP contribution in [-0.2, 0) is 19.4 Å². The van der Waals surface area contributed by atoms with Gasteiger partial charge in [0.1, 0.15) is 6.54 Å². The zero-order valence-electron chi connectivity index (χ0n) is 11.4. The fourth-order valence-corrected chi connectivity index (χ4v) is 2.71. The molecule has 0 aliphatic rings. The third-order valence-corrected chi connectivity index (χ3v) is 3.79. The smallest absolute Gasteiger partial charge is 0.325 e. The van der Waals surface area contributed by atoms with Crippen LogP contribution in [0.1, 0.15) is 13.3 Å². The first-order valence-electron chi connectivity index (χ1n) is 6.01. The predicted octanol–water partition coefficient (Wildman–Crippen LogP) is 1.48. The Morgan fingerprint density at radius 3 is 2.47 bits per heavy atom. The summed E-state index contributed by atoms with van der Waals surface area (Å²) in [6, 6.07) is 6.67. The minimum atomic E-state index is -3.33. The number of sulfone groups is 1. The number of carbonyl (C=O) groups excluding carboxylic acids is 1. The number of carbonyl (C=O) groups is 1. The highest BCUT2D eigenvalue weighted by Gasteiger charge is 2.19. The number of esters is 1. The quantitative estimate of drug-likeness (QED) is 0.741. The molecule has 0 atom stereocenters. The first kappa shape index (κ1) is 15.5. The van der Waals surface area contributed by atoms with Gasteiger partial charge in [0.15, 0.2) is 9.84 Å². The van der Waals surface area contributed by atoms with Crippen molar-refractivity contribution < 1.29 is 17.9 Å². The Balaban J connectivity index is 3.19. The number of benzene rings is 1. The SMILES string of the molecule is CCCN(CC(=O)OC)c1ccccc1S(C)(=O)=O. The van der Waals surface area contributed by atoms with E-state index in [0.29, 0.717) is 12.2 Å². The van der Waals surface area contributed by atoms with Crippen molar-refractivity contribution in [3.8, 4) is 0 Å². The molecule has 0 radical (unpaired) electrons. The molecule has 1 aromatic carbocycles. The second-order valence-corrected chi connectivity index (χ2v) is 6.22. The molecular formula is C13H19NO4S. The molecule has 0 aliphatic heterocycles. The largest absolute Gasteiger partial charge is 0.468 e. The maximum atomic E-state index is 11.8. The van der Waals surface area contributed by atoms with Gasteiger partial charge < -0.3 is 9.64 Å². The second kappa shape index (κ2) is 6.56. The molecular weight excluding hydrogens is 266 g/mol. The highest BCUT2D eigenvalue weighted by atomic mass is 32.2. The Bertz CT molecular complexity index is 539. The zero-order valence-corrected chi connectivity index (χ0v) is 12.2. The average molecular weight is 285 g/mol. The third-order valence-electron chi connectivity index (χ3n) is 2.65. The second-order valence-electron chi connectivity index (χ2n) is 4.24. The van der Waals surface area contributed by atoms with Gasteiger partial charge in [-0.1, -0.05) is 19.1 Å². The summed E-state index contributed by atoms with van der Waals surface area (Å²) >= 11 is 0. The molecule has 6 heteroatoms. The van der Waals surface area contributed by atoms with Gasteiger partial charge in [-0.3, -0.25) is 4.79 Å². The fraction of sp³-hybridized carbons (Fsp3) is 0.462. The number of methoxy groups -OCH3 is 1. The Hall–Kier alpha value is -1.56. The van der Waals surface area contributed by atoms with Gasteiger partial charge >= 0.3 is 5.97 Å². The van der Waals surface area contributed by atoms with Crippen molar-refractivity contribution in [2.24, 2.45) is 0 Å². The van der Waals surface area contributed by atoms with Crippen LogP contribution in [-0.4, -0.2) is 40.8 Å². The third kappa shape index (κ3) is 4.24. The fourth-order valence-electron chi connectivity index (χ4n) is 1.81. The molecule has 0 unspecified atom stereocenters. The van der Waals surface area contributed by atoms with Crippen LogP contribution in [0.15, 0.2) is 29.2 Å². The van der Waals surface area contributed by atoms with Crippen LogP contribution in [0.4, 0.5) is 5.69 Å². The Morgan fingerprint density at radius 1 is 1.32 bits per heavy atom. The highest BCUT2D eigenvalue weighted by Crippen LogP contribution is 2.25. The summed E-state index contributed by atoms with van der Waals surface area (Å²) in [7, 11) is -2.02. The summed E-state index contributed by atoms with van der Waals surface area (Å²) in [4.78, 5) is 13.4. The lowest BCUT2D eigenvalue weighted by Crippen LogP contribution is -2.32. The number of anilines is 1. The van der Waals surface area contributed by atoms with Crippen LogP contribution >= 0.6 is 0 Å². The van der Waals surface area contributed by atoms with Gasteiger partial charge in [-0.05, 0) is 18.6 Å². The molecule has 106 valence electrons. The van der Waals surface area contributed by atoms with Crippen molar-refractivity contribution in [1.29, 1.82) is 0 Å². The molecule has 0 amide bonds. The van der Waals surface area contributed by atoms with E-state index < -0.39 is 15.8 Å². The van der Waals surface area contributed by atoms with E-state index in [4.69, 9.17) is 0 Å². The lowest BCUT2D eigenvalue weighted by molar-refractivity contribution is -0.138. The molecule has 0 N–H and O–H groups in total. The van der Waals surface area contributed by atoms with Gasteiger partial charge in [0.2, 0.25) is 0 Å². The van der Waals surface area contributed by atoms with E-state index >= 15 is 0 Å². The highest BCUT2D eigenvalue weighted by molar-refractivity contribution is 7.90. The van der Waals surface area contributed by atoms with Gasteiger partial charge in [0, 0.05) is 12.8 Å². The molecule has 0 aliphatic carbocycles. The molecule has 19 heavy (non-hydrogen) atoms. The first-order chi connectivity index (χ1) is 8.90. The van der Waals surface area contributed by atoms with Crippen LogP contribution in [0.3, 0.4) is 0 Å². The van der Waals surface area contributed by atoms with E-state index in [2.05, 4.69) is 4.74 Å². The number of para-hydroxylation sites is 1. The summed E-state index contributed by atoms with van der Waals surface area (Å²) in [6.45, 7) is 2.59. The van der Waals surface area contributed by atoms with E-state index in [1.165, 1.54) is 7.11 Å². The van der Waals surface area contributed by atoms with Gasteiger partial charge in [-0.25, -0.2) is 8.42 Å². The van der Waals surface area contributed by atoms with Gasteiger partial charge in [-0.15, -0.1) is 0 Å². The summed E-state index contributed by atoms with van der Waals surface area (Å²) < 4.78 is 28.2. The normalized spacial score (nSPS) is 11.1. The average Bonchev–Trinajstić information content (AvgIpc) is 2.37. The van der Waals surface area contributed by atoms with Crippen molar-refractivity contribution >= 4 is 21.5 Å². The molecule has 0 aromatic heterocycles. The van der Waals surface area contributed by atoms with Crippen molar-refractivity contribution in [3.63, 3.8) is 0 Å². The number of ether oxygens (including phenoxy) is 1. The van der Waals surface area contributed by atoms with Crippen LogP contribution in [0.5, 0.6) is 0 Å². The lowest BCUT2D eigenvalue weighted by Gasteiger charge is -2.24. The van der Waals surface area contributed by atoms with Crippen molar-refractivity contribution in [1.82, 2.24) is 0 Å². The minimum Gasteiger partial charge on any atom is -0.468 e. The summed E-state index contributed by atoms with van der Waals surface area (Å²) in [6.07, 6.45) is 1.96. The Labute approximate surface area is 114 Å². The van der Waals surface area contributed by atoms with E-state index in [-0.39, 0.29) is 11.4 Å². The first-order valence-corrected chi connectivity index (χ1v) is 7.90. The monoisotopic (exact) mass is 285 g/mol. The van der Waals surface area contributed by atoms with Gasteiger partial charge in [0.25, 0.3) is 0 Å². The van der Waals surface area contributed by atoms with E-state index in [0.717, 1.165) is 12.7 Å². The van der Waals surface area contributed by atoms with Crippen molar-refractivity contribution in [2.45, 2.75) is 18.2 Å². The summed E-state index contributed by atoms with van der Waals surface area (Å²) in [5.41, 5.74) is 0.539. The van der Waals surface area contributed by atoms with E-state index in [9.17, 15) is 13.2 Å². The molecule has 0 heterocycles. The van der Waals surface area contributed by atoms with Crippen molar-refractivity contribution in [3.05, 3.63) is 24.3 Å². The number of hydrogen-bond acceptors (Lipinski definition) is 5. The number of nitrogens with zero attached hydrogens (tertiary/aromatic N) is 1. The molecule has 0 saturated carbocycles. The number of rotatable bonds is 6. The predicted molar refractivity (Wildman–Crippen MR) is 74.1 cm³/mol. The molecule has 1 aromatic rings. The summed E-state index contributed by atoms with van der Waals surface area (Å²) in [5, 5.41) is 0.